The van der Waals surface area contributed by atoms with Gasteiger partial charge in [-0.3, -0.25) is 14.4 Å². The van der Waals surface area contributed by atoms with E-state index < -0.39 is 35.1 Å². The lowest BCUT2D eigenvalue weighted by Crippen LogP contribution is -2.52. The maximum Gasteiger partial charge on any atom is 0.317 e. The number of fused-ring (bicyclic) bond motifs is 1. The predicted molar refractivity (Wildman–Crippen MR) is 88.3 cm³/mol. The Morgan fingerprint density at radius 3 is 2.32 bits per heavy atom. The fourth-order valence-electron chi connectivity index (χ4n) is 5.30. The summed E-state index contributed by atoms with van der Waals surface area (Å²) in [5, 5.41) is 0. The molecule has 0 aromatic heterocycles. The zero-order valence-electron chi connectivity index (χ0n) is 15.3. The fraction of sp³-hybridized carbons (Fsp3) is 0.737. The van der Waals surface area contributed by atoms with Crippen molar-refractivity contribution in [2.45, 2.75) is 71.7 Å². The Bertz CT molecular complexity index is 640. The highest BCUT2D eigenvalue weighted by atomic mass is 16.6. The highest BCUT2D eigenvalue weighted by Gasteiger charge is 2.75. The zero-order valence-corrected chi connectivity index (χ0v) is 15.3. The summed E-state index contributed by atoms with van der Waals surface area (Å²) in [6.07, 6.45) is 0.898. The number of rotatable bonds is 3. The molecule has 2 aliphatic carbocycles. The summed E-state index contributed by atoms with van der Waals surface area (Å²) in [5.41, 5.74) is -0.692. The Kier molecular flexibility index (Phi) is 4.20. The van der Waals surface area contributed by atoms with Crippen molar-refractivity contribution in [3.8, 4) is 0 Å². The van der Waals surface area contributed by atoms with Crippen molar-refractivity contribution in [1.82, 2.24) is 0 Å². The first-order valence-corrected chi connectivity index (χ1v) is 8.84. The second-order valence-electron chi connectivity index (χ2n) is 7.92. The lowest BCUT2D eigenvalue weighted by atomic mass is 9.62. The van der Waals surface area contributed by atoms with E-state index in [1.807, 2.05) is 13.8 Å². The molecule has 138 valence electrons. The second kappa shape index (κ2) is 5.85. The molecule has 3 fully saturated rings. The van der Waals surface area contributed by atoms with Crippen LogP contribution in [0.5, 0.6) is 0 Å². The van der Waals surface area contributed by atoms with Crippen LogP contribution in [-0.4, -0.2) is 36.2 Å². The normalized spacial score (nSPS) is 42.2. The monoisotopic (exact) mass is 350 g/mol. The van der Waals surface area contributed by atoms with Crippen LogP contribution in [0, 0.1) is 16.7 Å². The molecule has 6 nitrogen and oxygen atoms in total. The van der Waals surface area contributed by atoms with Gasteiger partial charge in [0, 0.05) is 25.2 Å². The standard InChI is InChI=1S/C19H26O6/c1-10(2)13-6-8-18(5)14(23-11(3)20)7-9-19(18)16(24-12(4)21)15(13)25-17(19)22/h13-16H,1,6-9H2,2-5H3/t13-,14+,15+,16+,18-,19-/m1/s1. The van der Waals surface area contributed by atoms with E-state index in [1.165, 1.54) is 13.8 Å². The van der Waals surface area contributed by atoms with Gasteiger partial charge in [-0.1, -0.05) is 19.1 Å². The molecule has 6 heteroatoms. The average Bonchev–Trinajstić information content (AvgIpc) is 2.86. The van der Waals surface area contributed by atoms with Gasteiger partial charge in [-0.05, 0) is 32.6 Å². The number of carbonyl (C=O) groups is 3. The third-order valence-corrected chi connectivity index (χ3v) is 6.53. The van der Waals surface area contributed by atoms with E-state index in [1.54, 1.807) is 0 Å². The SMILES string of the molecule is C=C(C)[C@H]1CC[C@]2(C)[C@@H](OC(C)=O)CC[C@@]23C(=O)O[C@@H]1[C@@H]3OC(C)=O. The minimum absolute atomic E-state index is 0.0759. The van der Waals surface area contributed by atoms with Crippen molar-refractivity contribution in [3.05, 3.63) is 12.2 Å². The second-order valence-corrected chi connectivity index (χ2v) is 7.92. The Labute approximate surface area is 147 Å². The minimum Gasteiger partial charge on any atom is -0.462 e. The Hall–Kier alpha value is -1.85. The molecule has 0 aromatic carbocycles. The molecular formula is C19H26O6. The van der Waals surface area contributed by atoms with Crippen molar-refractivity contribution in [2.24, 2.45) is 16.7 Å². The van der Waals surface area contributed by atoms with Gasteiger partial charge >= 0.3 is 17.9 Å². The molecule has 0 unspecified atom stereocenters. The molecule has 2 bridgehead atoms. The summed E-state index contributed by atoms with van der Waals surface area (Å²) in [7, 11) is 0. The zero-order chi connectivity index (χ0) is 18.6. The molecule has 0 N–H and O–H groups in total. The third-order valence-electron chi connectivity index (χ3n) is 6.53. The van der Waals surface area contributed by atoms with Gasteiger partial charge in [0.2, 0.25) is 0 Å². The molecule has 2 saturated carbocycles. The molecular weight excluding hydrogens is 324 g/mol. The van der Waals surface area contributed by atoms with E-state index in [0.717, 1.165) is 12.0 Å². The van der Waals surface area contributed by atoms with Gasteiger partial charge in [0.05, 0.1) is 0 Å². The van der Waals surface area contributed by atoms with E-state index in [0.29, 0.717) is 19.3 Å². The van der Waals surface area contributed by atoms with Gasteiger partial charge < -0.3 is 14.2 Å². The lowest BCUT2D eigenvalue weighted by molar-refractivity contribution is -0.172. The quantitative estimate of drug-likeness (QED) is 0.442. The summed E-state index contributed by atoms with van der Waals surface area (Å²) in [6.45, 7) is 10.6. The molecule has 6 atom stereocenters. The predicted octanol–water partition coefficient (Wildman–Crippen LogP) is 2.55. The van der Waals surface area contributed by atoms with E-state index in [9.17, 15) is 14.4 Å². The summed E-state index contributed by atoms with van der Waals surface area (Å²) in [4.78, 5) is 36.4. The van der Waals surface area contributed by atoms with Crippen molar-refractivity contribution in [1.29, 1.82) is 0 Å². The maximum atomic E-state index is 13.0. The molecule has 3 rings (SSSR count). The van der Waals surface area contributed by atoms with Crippen LogP contribution in [-0.2, 0) is 28.6 Å². The third kappa shape index (κ3) is 2.41. The molecule has 1 heterocycles. The van der Waals surface area contributed by atoms with Crippen molar-refractivity contribution in [3.63, 3.8) is 0 Å². The first kappa shape index (κ1) is 18.0. The number of esters is 3. The van der Waals surface area contributed by atoms with Crippen LogP contribution in [0.4, 0.5) is 0 Å². The van der Waals surface area contributed by atoms with Gasteiger partial charge in [0.1, 0.15) is 17.6 Å². The summed E-state index contributed by atoms with van der Waals surface area (Å²) in [5.74, 6) is -1.22. The fourth-order valence-corrected chi connectivity index (χ4v) is 5.30. The van der Waals surface area contributed by atoms with Crippen molar-refractivity contribution in [2.75, 3.05) is 0 Å². The number of carbonyl (C=O) groups excluding carboxylic acids is 3. The van der Waals surface area contributed by atoms with E-state index >= 15 is 0 Å². The van der Waals surface area contributed by atoms with Crippen LogP contribution in [0.3, 0.4) is 0 Å². The maximum absolute atomic E-state index is 13.0. The molecule has 0 radical (unpaired) electrons. The van der Waals surface area contributed by atoms with Crippen LogP contribution in [0.2, 0.25) is 0 Å². The Balaban J connectivity index is 2.12. The first-order chi connectivity index (χ1) is 11.6. The summed E-state index contributed by atoms with van der Waals surface area (Å²) >= 11 is 0. The number of hydrogen-bond donors (Lipinski definition) is 0. The summed E-state index contributed by atoms with van der Waals surface area (Å²) < 4.78 is 17.0. The van der Waals surface area contributed by atoms with Crippen molar-refractivity contribution >= 4 is 17.9 Å². The molecule has 1 spiro atoms. The highest BCUT2D eigenvalue weighted by molar-refractivity contribution is 5.83. The minimum atomic E-state index is -0.965. The largest absolute Gasteiger partial charge is 0.462 e. The van der Waals surface area contributed by atoms with Crippen LogP contribution < -0.4 is 0 Å². The Morgan fingerprint density at radius 2 is 1.76 bits per heavy atom. The first-order valence-electron chi connectivity index (χ1n) is 8.84. The van der Waals surface area contributed by atoms with E-state index in [2.05, 4.69) is 6.58 Å². The highest BCUT2D eigenvalue weighted by Crippen LogP contribution is 2.66. The van der Waals surface area contributed by atoms with Crippen LogP contribution >= 0.6 is 0 Å². The topological polar surface area (TPSA) is 78.9 Å². The van der Waals surface area contributed by atoms with Crippen molar-refractivity contribution < 1.29 is 28.6 Å². The summed E-state index contributed by atoms with van der Waals surface area (Å²) in [6, 6.07) is 0. The average molecular weight is 350 g/mol. The smallest absolute Gasteiger partial charge is 0.317 e. The van der Waals surface area contributed by atoms with Crippen LogP contribution in [0.15, 0.2) is 12.2 Å². The molecule has 1 aliphatic heterocycles. The van der Waals surface area contributed by atoms with Gasteiger partial charge in [-0.15, -0.1) is 0 Å². The van der Waals surface area contributed by atoms with E-state index in [-0.39, 0.29) is 17.9 Å². The molecule has 0 amide bonds. The van der Waals surface area contributed by atoms with Gasteiger partial charge in [-0.2, -0.15) is 0 Å². The van der Waals surface area contributed by atoms with Gasteiger partial charge in [0.15, 0.2) is 6.10 Å². The molecule has 25 heavy (non-hydrogen) atoms. The van der Waals surface area contributed by atoms with Gasteiger partial charge in [-0.25, -0.2) is 0 Å². The Morgan fingerprint density at radius 1 is 1.12 bits per heavy atom. The molecule has 3 aliphatic rings. The number of hydrogen-bond acceptors (Lipinski definition) is 6. The molecule has 0 aromatic rings. The van der Waals surface area contributed by atoms with E-state index in [4.69, 9.17) is 14.2 Å². The number of ether oxygens (including phenoxy) is 3. The van der Waals surface area contributed by atoms with Gasteiger partial charge in [0.25, 0.3) is 0 Å². The molecule has 1 saturated heterocycles. The van der Waals surface area contributed by atoms with Crippen LogP contribution in [0.1, 0.15) is 53.4 Å². The lowest BCUT2D eigenvalue weighted by Gasteiger charge is -2.42. The van der Waals surface area contributed by atoms with Crippen LogP contribution in [0.25, 0.3) is 0 Å².